The average Bonchev–Trinajstić information content (AvgIpc) is 2.40. The van der Waals surface area contributed by atoms with Crippen molar-refractivity contribution in [2.24, 2.45) is 0 Å². The van der Waals surface area contributed by atoms with Gasteiger partial charge in [0.15, 0.2) is 5.78 Å². The molecule has 2 rings (SSSR count). The highest BCUT2D eigenvalue weighted by Crippen LogP contribution is 2.23. The molecule has 0 unspecified atom stereocenters. The summed E-state index contributed by atoms with van der Waals surface area (Å²) < 4.78 is 0. The van der Waals surface area contributed by atoms with E-state index in [0.29, 0.717) is 10.6 Å². The van der Waals surface area contributed by atoms with Crippen molar-refractivity contribution in [2.45, 2.75) is 0 Å². The first-order chi connectivity index (χ1) is 9.08. The van der Waals surface area contributed by atoms with Gasteiger partial charge in [-0.2, -0.15) is 0 Å². The zero-order valence-corrected chi connectivity index (χ0v) is 10.6. The molecule has 0 aliphatic heterocycles. The molecule has 0 saturated carbocycles. The van der Waals surface area contributed by atoms with Gasteiger partial charge in [0, 0.05) is 10.6 Å². The highest BCUT2D eigenvalue weighted by molar-refractivity contribution is 6.30. The Balaban J connectivity index is 2.26. The van der Waals surface area contributed by atoms with Gasteiger partial charge >= 0.3 is 0 Å². The molecular weight excluding hydrogens is 264 g/mol. The smallest absolute Gasteiger partial charge is 0.189 e. The second kappa shape index (κ2) is 5.59. The lowest BCUT2D eigenvalue weighted by Gasteiger charge is -2.01. The number of carbonyl (C=O) groups is 1. The topological polar surface area (TPSA) is 57.5 Å². The SMILES string of the molecule is O=C(/C=C/c1cc(Cl)ccc1O)c1ccccc1O. The molecule has 3 nitrogen and oxygen atoms in total. The van der Waals surface area contributed by atoms with Crippen LogP contribution in [0.1, 0.15) is 15.9 Å². The van der Waals surface area contributed by atoms with Crippen LogP contribution in [0.2, 0.25) is 5.02 Å². The molecule has 0 spiro atoms. The van der Waals surface area contributed by atoms with Gasteiger partial charge in [-0.3, -0.25) is 4.79 Å². The number of aromatic hydroxyl groups is 2. The van der Waals surface area contributed by atoms with E-state index in [4.69, 9.17) is 11.6 Å². The maximum Gasteiger partial charge on any atom is 0.189 e. The van der Waals surface area contributed by atoms with Gasteiger partial charge in [0.05, 0.1) is 5.56 Å². The highest BCUT2D eigenvalue weighted by Gasteiger charge is 2.07. The van der Waals surface area contributed by atoms with Gasteiger partial charge in [-0.15, -0.1) is 0 Å². The van der Waals surface area contributed by atoms with Crippen molar-refractivity contribution in [1.29, 1.82) is 0 Å². The molecular formula is C15H11ClO3. The molecule has 0 atom stereocenters. The minimum Gasteiger partial charge on any atom is -0.507 e. The summed E-state index contributed by atoms with van der Waals surface area (Å²) in [4.78, 5) is 11.9. The largest absolute Gasteiger partial charge is 0.507 e. The predicted molar refractivity (Wildman–Crippen MR) is 74.6 cm³/mol. The number of benzene rings is 2. The lowest BCUT2D eigenvalue weighted by Crippen LogP contribution is -1.94. The average molecular weight is 275 g/mol. The number of phenolic OH excluding ortho intramolecular Hbond substituents is 2. The van der Waals surface area contributed by atoms with Crippen LogP contribution in [0.5, 0.6) is 11.5 Å². The molecule has 0 aliphatic carbocycles. The first-order valence-electron chi connectivity index (χ1n) is 5.57. The first kappa shape index (κ1) is 13.2. The van der Waals surface area contributed by atoms with Crippen LogP contribution in [-0.2, 0) is 0 Å². The minimum atomic E-state index is -0.350. The summed E-state index contributed by atoms with van der Waals surface area (Å²) in [6, 6.07) is 10.8. The van der Waals surface area contributed by atoms with E-state index in [-0.39, 0.29) is 22.8 Å². The van der Waals surface area contributed by atoms with Crippen molar-refractivity contribution in [3.8, 4) is 11.5 Å². The molecule has 2 N–H and O–H groups in total. The Bertz CT molecular complexity index is 648. The van der Waals surface area contributed by atoms with Crippen molar-refractivity contribution in [3.63, 3.8) is 0 Å². The first-order valence-corrected chi connectivity index (χ1v) is 5.94. The number of ketones is 1. The predicted octanol–water partition coefficient (Wildman–Crippen LogP) is 3.65. The van der Waals surface area contributed by atoms with Gasteiger partial charge in [0.2, 0.25) is 0 Å². The van der Waals surface area contributed by atoms with Crippen LogP contribution in [0.25, 0.3) is 6.08 Å². The van der Waals surface area contributed by atoms with Crippen LogP contribution in [0.15, 0.2) is 48.5 Å². The molecule has 19 heavy (non-hydrogen) atoms. The molecule has 4 heteroatoms. The molecule has 0 aliphatic rings. The van der Waals surface area contributed by atoms with E-state index >= 15 is 0 Å². The van der Waals surface area contributed by atoms with E-state index in [1.807, 2.05) is 0 Å². The Morgan fingerprint density at radius 1 is 1.05 bits per heavy atom. The standard InChI is InChI=1S/C15H11ClO3/c16-11-6-8-13(17)10(9-11)5-7-15(19)12-3-1-2-4-14(12)18/h1-9,17-18H/b7-5+. The molecule has 0 aromatic heterocycles. The summed E-state index contributed by atoms with van der Waals surface area (Å²) in [5.74, 6) is -0.393. The Hall–Kier alpha value is -2.26. The minimum absolute atomic E-state index is 0.0331. The van der Waals surface area contributed by atoms with Crippen LogP contribution in [0.4, 0.5) is 0 Å². The van der Waals surface area contributed by atoms with E-state index in [1.54, 1.807) is 24.3 Å². The van der Waals surface area contributed by atoms with Gasteiger partial charge in [-0.25, -0.2) is 0 Å². The Labute approximate surface area is 115 Å². The molecule has 2 aromatic carbocycles. The number of allylic oxidation sites excluding steroid dienone is 1. The van der Waals surface area contributed by atoms with Gasteiger partial charge < -0.3 is 10.2 Å². The van der Waals surface area contributed by atoms with Crippen molar-refractivity contribution < 1.29 is 15.0 Å². The number of phenols is 2. The zero-order valence-electron chi connectivity index (χ0n) is 9.88. The molecule has 0 bridgehead atoms. The monoisotopic (exact) mass is 274 g/mol. The van der Waals surface area contributed by atoms with Crippen LogP contribution >= 0.6 is 11.6 Å². The molecule has 2 aromatic rings. The normalized spacial score (nSPS) is 10.8. The van der Waals surface area contributed by atoms with Gasteiger partial charge in [0.25, 0.3) is 0 Å². The molecule has 0 amide bonds. The van der Waals surface area contributed by atoms with E-state index in [1.165, 1.54) is 30.4 Å². The number of hydrogen-bond acceptors (Lipinski definition) is 3. The third-order valence-corrected chi connectivity index (χ3v) is 2.81. The summed E-state index contributed by atoms with van der Waals surface area (Å²) in [7, 11) is 0. The van der Waals surface area contributed by atoms with Crippen molar-refractivity contribution >= 4 is 23.5 Å². The summed E-state index contributed by atoms with van der Waals surface area (Å²) in [5.41, 5.74) is 0.650. The zero-order chi connectivity index (χ0) is 13.8. The summed E-state index contributed by atoms with van der Waals surface area (Å²) >= 11 is 5.80. The van der Waals surface area contributed by atoms with Crippen LogP contribution < -0.4 is 0 Å². The van der Waals surface area contributed by atoms with Crippen molar-refractivity contribution in [2.75, 3.05) is 0 Å². The van der Waals surface area contributed by atoms with Crippen LogP contribution in [0, 0.1) is 0 Å². The van der Waals surface area contributed by atoms with Crippen molar-refractivity contribution in [1.82, 2.24) is 0 Å². The fourth-order valence-electron chi connectivity index (χ4n) is 1.60. The fraction of sp³-hybridized carbons (Fsp3) is 0. The Morgan fingerprint density at radius 2 is 1.79 bits per heavy atom. The molecule has 0 saturated heterocycles. The third-order valence-electron chi connectivity index (χ3n) is 2.57. The Morgan fingerprint density at radius 3 is 2.53 bits per heavy atom. The third kappa shape index (κ3) is 3.14. The summed E-state index contributed by atoms with van der Waals surface area (Å²) in [6.07, 6.45) is 2.73. The van der Waals surface area contributed by atoms with Crippen LogP contribution in [0.3, 0.4) is 0 Å². The fourth-order valence-corrected chi connectivity index (χ4v) is 1.78. The lowest BCUT2D eigenvalue weighted by atomic mass is 10.1. The highest BCUT2D eigenvalue weighted by atomic mass is 35.5. The number of hydrogen-bond donors (Lipinski definition) is 2. The Kier molecular flexibility index (Phi) is 3.88. The van der Waals surface area contributed by atoms with E-state index in [0.717, 1.165) is 0 Å². The molecule has 0 radical (unpaired) electrons. The van der Waals surface area contributed by atoms with E-state index in [2.05, 4.69) is 0 Å². The van der Waals surface area contributed by atoms with Gasteiger partial charge in [-0.1, -0.05) is 23.7 Å². The van der Waals surface area contributed by atoms with E-state index < -0.39 is 0 Å². The number of para-hydroxylation sites is 1. The number of halogens is 1. The number of carbonyl (C=O) groups excluding carboxylic acids is 1. The number of rotatable bonds is 3. The quantitative estimate of drug-likeness (QED) is 0.663. The lowest BCUT2D eigenvalue weighted by molar-refractivity contribution is 0.104. The van der Waals surface area contributed by atoms with Crippen molar-refractivity contribution in [3.05, 3.63) is 64.7 Å². The summed E-state index contributed by atoms with van der Waals surface area (Å²) in [6.45, 7) is 0. The molecule has 0 fully saturated rings. The molecule has 0 heterocycles. The second-order valence-corrected chi connectivity index (χ2v) is 4.35. The van der Waals surface area contributed by atoms with Gasteiger partial charge in [0.1, 0.15) is 11.5 Å². The van der Waals surface area contributed by atoms with E-state index in [9.17, 15) is 15.0 Å². The maximum absolute atomic E-state index is 11.9. The molecule has 96 valence electrons. The van der Waals surface area contributed by atoms with Gasteiger partial charge in [-0.05, 0) is 42.5 Å². The van der Waals surface area contributed by atoms with Crippen LogP contribution in [-0.4, -0.2) is 16.0 Å². The maximum atomic E-state index is 11.9. The summed E-state index contributed by atoms with van der Waals surface area (Å²) in [5, 5.41) is 19.6. The second-order valence-electron chi connectivity index (χ2n) is 3.92.